The van der Waals surface area contributed by atoms with Crippen LogP contribution >= 0.6 is 0 Å². The summed E-state index contributed by atoms with van der Waals surface area (Å²) in [5.74, 6) is -1.24. The van der Waals surface area contributed by atoms with Crippen LogP contribution in [0.3, 0.4) is 0 Å². The van der Waals surface area contributed by atoms with Crippen molar-refractivity contribution in [3.05, 3.63) is 71.3 Å². The number of rotatable bonds is 6. The highest BCUT2D eigenvalue weighted by atomic mass is 16.4. The van der Waals surface area contributed by atoms with Gasteiger partial charge in [0.1, 0.15) is 0 Å². The molecule has 2 N–H and O–H groups in total. The van der Waals surface area contributed by atoms with E-state index >= 15 is 0 Å². The number of nitrogens with one attached hydrogen (secondary N) is 1. The fraction of sp³-hybridized carbons (Fsp3) is 0.250. The Morgan fingerprint density at radius 2 is 1.69 bits per heavy atom. The van der Waals surface area contributed by atoms with E-state index in [9.17, 15) is 14.4 Å². The van der Waals surface area contributed by atoms with Crippen molar-refractivity contribution in [3.63, 3.8) is 0 Å². The lowest BCUT2D eigenvalue weighted by Gasteiger charge is -2.25. The zero-order valence-corrected chi connectivity index (χ0v) is 14.2. The van der Waals surface area contributed by atoms with Gasteiger partial charge in [-0.3, -0.25) is 9.59 Å². The standard InChI is InChI=1S/C20H20N2O4/c23-18-7-4-12-22(18)13-17(14-5-2-1-3-6-14)21-19(24)15-8-10-16(11-9-15)20(25)26/h1-3,5-6,8-11,17H,4,7,12-13H2,(H,21,24)(H,25,26). The predicted octanol–water partition coefficient (Wildman–Crippen LogP) is 2.48. The van der Waals surface area contributed by atoms with Crippen LogP contribution in [0.15, 0.2) is 54.6 Å². The number of hydrogen-bond acceptors (Lipinski definition) is 3. The lowest BCUT2D eigenvalue weighted by Crippen LogP contribution is -2.38. The quantitative estimate of drug-likeness (QED) is 0.836. The smallest absolute Gasteiger partial charge is 0.335 e. The van der Waals surface area contributed by atoms with Gasteiger partial charge in [-0.15, -0.1) is 0 Å². The highest BCUT2D eigenvalue weighted by molar-refractivity contribution is 5.96. The van der Waals surface area contributed by atoms with Crippen molar-refractivity contribution < 1.29 is 19.5 Å². The number of carboxylic acid groups (broad SMARTS) is 1. The van der Waals surface area contributed by atoms with Crippen molar-refractivity contribution in [2.45, 2.75) is 18.9 Å². The summed E-state index contributed by atoms with van der Waals surface area (Å²) in [5.41, 5.74) is 1.43. The highest BCUT2D eigenvalue weighted by Crippen LogP contribution is 2.19. The van der Waals surface area contributed by atoms with Crippen molar-refractivity contribution in [2.75, 3.05) is 13.1 Å². The van der Waals surface area contributed by atoms with Crippen LogP contribution in [0.1, 0.15) is 45.2 Å². The Bertz CT molecular complexity index is 802. The molecule has 0 spiro atoms. The molecule has 1 atom stereocenters. The lowest BCUT2D eigenvalue weighted by molar-refractivity contribution is -0.128. The molecule has 0 aliphatic carbocycles. The van der Waals surface area contributed by atoms with Gasteiger partial charge in [-0.25, -0.2) is 4.79 Å². The third kappa shape index (κ3) is 4.08. The molecule has 0 saturated carbocycles. The number of carbonyl (C=O) groups is 3. The van der Waals surface area contributed by atoms with Gasteiger partial charge in [-0.2, -0.15) is 0 Å². The second kappa shape index (κ2) is 7.82. The first kappa shape index (κ1) is 17.7. The van der Waals surface area contributed by atoms with Gasteiger partial charge < -0.3 is 15.3 Å². The van der Waals surface area contributed by atoms with E-state index in [2.05, 4.69) is 5.32 Å². The molecule has 1 heterocycles. The van der Waals surface area contributed by atoms with Crippen LogP contribution in [0.4, 0.5) is 0 Å². The summed E-state index contributed by atoms with van der Waals surface area (Å²) >= 11 is 0. The lowest BCUT2D eigenvalue weighted by atomic mass is 10.1. The fourth-order valence-electron chi connectivity index (χ4n) is 3.04. The Labute approximate surface area is 151 Å². The van der Waals surface area contributed by atoms with Crippen LogP contribution in [0.5, 0.6) is 0 Å². The minimum Gasteiger partial charge on any atom is -0.478 e. The molecule has 134 valence electrons. The van der Waals surface area contributed by atoms with Crippen LogP contribution in [-0.4, -0.2) is 40.9 Å². The molecule has 6 nitrogen and oxygen atoms in total. The molecule has 6 heteroatoms. The first-order valence-electron chi connectivity index (χ1n) is 8.51. The van der Waals surface area contributed by atoms with Gasteiger partial charge in [-0.1, -0.05) is 30.3 Å². The van der Waals surface area contributed by atoms with Crippen LogP contribution < -0.4 is 5.32 Å². The Morgan fingerprint density at radius 3 is 2.27 bits per heavy atom. The number of carbonyl (C=O) groups excluding carboxylic acids is 2. The SMILES string of the molecule is O=C(O)c1ccc(C(=O)NC(CN2CCCC2=O)c2ccccc2)cc1. The average Bonchev–Trinajstić information content (AvgIpc) is 3.06. The molecule has 1 aliphatic rings. The van der Waals surface area contributed by atoms with E-state index < -0.39 is 5.97 Å². The number of likely N-dealkylation sites (tertiary alicyclic amines) is 1. The van der Waals surface area contributed by atoms with Crippen molar-refractivity contribution in [2.24, 2.45) is 0 Å². The Balaban J connectivity index is 1.77. The van der Waals surface area contributed by atoms with Crippen molar-refractivity contribution in [1.82, 2.24) is 10.2 Å². The molecule has 0 aromatic heterocycles. The summed E-state index contributed by atoms with van der Waals surface area (Å²) in [5, 5.41) is 11.9. The molecule has 1 aliphatic heterocycles. The topological polar surface area (TPSA) is 86.7 Å². The van der Waals surface area contributed by atoms with E-state index in [-0.39, 0.29) is 23.4 Å². The van der Waals surface area contributed by atoms with E-state index in [4.69, 9.17) is 5.11 Å². The minimum absolute atomic E-state index is 0.103. The van der Waals surface area contributed by atoms with Gasteiger partial charge in [0.25, 0.3) is 5.91 Å². The third-order valence-corrected chi connectivity index (χ3v) is 4.48. The molecule has 2 aromatic rings. The van der Waals surface area contributed by atoms with Crippen molar-refractivity contribution in [3.8, 4) is 0 Å². The molecule has 2 aromatic carbocycles. The molecule has 0 radical (unpaired) electrons. The fourth-order valence-corrected chi connectivity index (χ4v) is 3.04. The van der Waals surface area contributed by atoms with E-state index in [1.165, 1.54) is 24.3 Å². The van der Waals surface area contributed by atoms with Gasteiger partial charge >= 0.3 is 5.97 Å². The third-order valence-electron chi connectivity index (χ3n) is 4.48. The van der Waals surface area contributed by atoms with E-state index in [0.29, 0.717) is 25.1 Å². The zero-order chi connectivity index (χ0) is 18.5. The van der Waals surface area contributed by atoms with E-state index in [1.54, 1.807) is 4.90 Å². The molecular weight excluding hydrogens is 332 g/mol. The van der Waals surface area contributed by atoms with Crippen LogP contribution in [-0.2, 0) is 4.79 Å². The monoisotopic (exact) mass is 352 g/mol. The maximum absolute atomic E-state index is 12.6. The van der Waals surface area contributed by atoms with Crippen molar-refractivity contribution >= 4 is 17.8 Å². The first-order chi connectivity index (χ1) is 12.5. The molecule has 1 saturated heterocycles. The van der Waals surface area contributed by atoms with Gasteiger partial charge in [0.15, 0.2) is 0 Å². The van der Waals surface area contributed by atoms with Gasteiger partial charge in [0.2, 0.25) is 5.91 Å². The van der Waals surface area contributed by atoms with Gasteiger partial charge in [-0.05, 0) is 36.2 Å². The summed E-state index contributed by atoms with van der Waals surface area (Å²) in [7, 11) is 0. The maximum Gasteiger partial charge on any atom is 0.335 e. The summed E-state index contributed by atoms with van der Waals surface area (Å²) < 4.78 is 0. The highest BCUT2D eigenvalue weighted by Gasteiger charge is 2.25. The summed E-state index contributed by atoms with van der Waals surface area (Å²) in [6.45, 7) is 1.12. The number of hydrogen-bond donors (Lipinski definition) is 2. The molecule has 0 bridgehead atoms. The Kier molecular flexibility index (Phi) is 5.31. The zero-order valence-electron chi connectivity index (χ0n) is 14.2. The van der Waals surface area contributed by atoms with Crippen LogP contribution in [0.2, 0.25) is 0 Å². The Hall–Kier alpha value is -3.15. The molecular formula is C20H20N2O4. The largest absolute Gasteiger partial charge is 0.478 e. The molecule has 1 fully saturated rings. The molecule has 26 heavy (non-hydrogen) atoms. The van der Waals surface area contributed by atoms with Gasteiger partial charge in [0, 0.05) is 25.1 Å². The normalized spacial score (nSPS) is 14.9. The molecule has 3 rings (SSSR count). The molecule has 2 amide bonds. The first-order valence-corrected chi connectivity index (χ1v) is 8.51. The summed E-state index contributed by atoms with van der Waals surface area (Å²) in [6.07, 6.45) is 1.39. The average molecular weight is 352 g/mol. The van der Waals surface area contributed by atoms with E-state index in [0.717, 1.165) is 12.0 Å². The number of carboxylic acids is 1. The predicted molar refractivity (Wildman–Crippen MR) is 95.9 cm³/mol. The van der Waals surface area contributed by atoms with Crippen LogP contribution in [0.25, 0.3) is 0 Å². The number of nitrogens with zero attached hydrogens (tertiary/aromatic N) is 1. The second-order valence-corrected chi connectivity index (χ2v) is 6.26. The van der Waals surface area contributed by atoms with Crippen LogP contribution in [0, 0.1) is 0 Å². The summed E-state index contributed by atoms with van der Waals surface area (Å²) in [4.78, 5) is 37.3. The van der Waals surface area contributed by atoms with E-state index in [1.807, 2.05) is 30.3 Å². The summed E-state index contributed by atoms with van der Waals surface area (Å²) in [6, 6.07) is 15.0. The number of amides is 2. The number of aromatic carboxylic acids is 1. The van der Waals surface area contributed by atoms with Gasteiger partial charge in [0.05, 0.1) is 11.6 Å². The number of benzene rings is 2. The second-order valence-electron chi connectivity index (χ2n) is 6.26. The maximum atomic E-state index is 12.6. The minimum atomic E-state index is -1.04. The van der Waals surface area contributed by atoms with Crippen molar-refractivity contribution in [1.29, 1.82) is 0 Å². The Morgan fingerprint density at radius 1 is 1.04 bits per heavy atom. The molecule has 1 unspecified atom stereocenters.